The Morgan fingerprint density at radius 2 is 2.29 bits per heavy atom. The highest BCUT2D eigenvalue weighted by atomic mass is 16.5. The second-order valence-corrected chi connectivity index (χ2v) is 4.34. The number of ether oxygens (including phenoxy) is 1. The summed E-state index contributed by atoms with van der Waals surface area (Å²) >= 11 is 0. The molecule has 0 aromatic carbocycles. The largest absolute Gasteiger partial charge is 0.394 e. The van der Waals surface area contributed by atoms with Crippen molar-refractivity contribution in [2.75, 3.05) is 13.2 Å². The molecule has 0 heterocycles. The van der Waals surface area contributed by atoms with Crippen molar-refractivity contribution in [3.05, 3.63) is 11.6 Å². The molecule has 1 N–H and O–H groups in total. The topological polar surface area (TPSA) is 29.5 Å². The van der Waals surface area contributed by atoms with Crippen molar-refractivity contribution in [3.63, 3.8) is 0 Å². The zero-order valence-corrected chi connectivity index (χ0v) is 8.74. The summed E-state index contributed by atoms with van der Waals surface area (Å²) < 4.78 is 5.71. The Morgan fingerprint density at radius 1 is 1.36 bits per heavy atom. The first kappa shape index (κ1) is 10.2. The molecule has 14 heavy (non-hydrogen) atoms. The molecule has 2 atom stereocenters. The Bertz CT molecular complexity index is 210. The molecule has 2 rings (SSSR count). The number of fused-ring (bicyclic) bond motifs is 1. The zero-order chi connectivity index (χ0) is 9.80. The van der Waals surface area contributed by atoms with Crippen LogP contribution in [0.3, 0.4) is 0 Å². The van der Waals surface area contributed by atoms with Crippen LogP contribution >= 0.6 is 0 Å². The Kier molecular flexibility index (Phi) is 3.60. The van der Waals surface area contributed by atoms with Gasteiger partial charge in [0.25, 0.3) is 0 Å². The SMILES string of the molecule is OCCO[C@H]1CCC=C2CCCC[C@@H]21. The monoisotopic (exact) mass is 196 g/mol. The second-order valence-electron chi connectivity index (χ2n) is 4.34. The standard InChI is InChI=1S/C12H20O2/c13-8-9-14-12-7-3-5-10-4-1-2-6-11(10)12/h5,11-13H,1-4,6-9H2/t11-,12-/m0/s1. The summed E-state index contributed by atoms with van der Waals surface area (Å²) in [5, 5.41) is 8.75. The van der Waals surface area contributed by atoms with Crippen LogP contribution in [0, 0.1) is 5.92 Å². The minimum atomic E-state index is 0.155. The highest BCUT2D eigenvalue weighted by molar-refractivity contribution is 5.14. The van der Waals surface area contributed by atoms with Crippen LogP contribution in [0.5, 0.6) is 0 Å². The number of aliphatic hydroxyl groups excluding tert-OH is 1. The molecule has 2 aliphatic rings. The third-order valence-electron chi connectivity index (χ3n) is 3.44. The van der Waals surface area contributed by atoms with Gasteiger partial charge in [-0.25, -0.2) is 0 Å². The van der Waals surface area contributed by atoms with Crippen LogP contribution < -0.4 is 0 Å². The van der Waals surface area contributed by atoms with Crippen molar-refractivity contribution in [3.8, 4) is 0 Å². The van der Waals surface area contributed by atoms with E-state index in [1.807, 2.05) is 0 Å². The average molecular weight is 196 g/mol. The van der Waals surface area contributed by atoms with E-state index in [9.17, 15) is 0 Å². The summed E-state index contributed by atoms with van der Waals surface area (Å²) in [5.74, 6) is 0.670. The number of rotatable bonds is 3. The maximum atomic E-state index is 8.75. The Labute approximate surface area is 86.0 Å². The summed E-state index contributed by atoms with van der Waals surface area (Å²) in [6, 6.07) is 0. The van der Waals surface area contributed by atoms with Crippen LogP contribution in [0.4, 0.5) is 0 Å². The molecule has 2 nitrogen and oxygen atoms in total. The third kappa shape index (κ3) is 2.18. The van der Waals surface area contributed by atoms with E-state index in [1.54, 1.807) is 5.57 Å². The van der Waals surface area contributed by atoms with Gasteiger partial charge in [-0.3, -0.25) is 0 Å². The number of hydrogen-bond donors (Lipinski definition) is 1. The summed E-state index contributed by atoms with van der Waals surface area (Å²) in [5.41, 5.74) is 1.63. The predicted molar refractivity (Wildman–Crippen MR) is 56.1 cm³/mol. The van der Waals surface area contributed by atoms with E-state index in [-0.39, 0.29) is 6.61 Å². The molecule has 80 valence electrons. The van der Waals surface area contributed by atoms with Crippen LogP contribution in [0.1, 0.15) is 38.5 Å². The molecule has 0 amide bonds. The molecule has 0 unspecified atom stereocenters. The summed E-state index contributed by atoms with van der Waals surface area (Å²) in [7, 11) is 0. The first-order valence-corrected chi connectivity index (χ1v) is 5.83. The minimum Gasteiger partial charge on any atom is -0.394 e. The number of aliphatic hydroxyl groups is 1. The fourth-order valence-corrected chi connectivity index (χ4v) is 2.78. The van der Waals surface area contributed by atoms with E-state index in [2.05, 4.69) is 6.08 Å². The molecular formula is C12H20O2. The van der Waals surface area contributed by atoms with Gasteiger partial charge in [-0.1, -0.05) is 18.1 Å². The molecule has 1 fully saturated rings. The molecule has 0 saturated heterocycles. The van der Waals surface area contributed by atoms with Gasteiger partial charge in [0.15, 0.2) is 0 Å². The van der Waals surface area contributed by atoms with Crippen molar-refractivity contribution in [2.24, 2.45) is 5.92 Å². The predicted octanol–water partition coefficient (Wildman–Crippen LogP) is 2.27. The summed E-state index contributed by atoms with van der Waals surface area (Å²) in [6.07, 6.45) is 10.4. The lowest BCUT2D eigenvalue weighted by molar-refractivity contribution is -0.0100. The van der Waals surface area contributed by atoms with E-state index in [1.165, 1.54) is 32.1 Å². The van der Waals surface area contributed by atoms with E-state index >= 15 is 0 Å². The van der Waals surface area contributed by atoms with Gasteiger partial charge in [0, 0.05) is 5.92 Å². The first-order valence-electron chi connectivity index (χ1n) is 5.83. The number of allylic oxidation sites excluding steroid dienone is 1. The Morgan fingerprint density at radius 3 is 3.14 bits per heavy atom. The van der Waals surface area contributed by atoms with E-state index in [4.69, 9.17) is 9.84 Å². The fourth-order valence-electron chi connectivity index (χ4n) is 2.78. The van der Waals surface area contributed by atoms with Crippen LogP contribution in [0.15, 0.2) is 11.6 Å². The lowest BCUT2D eigenvalue weighted by Crippen LogP contribution is -2.31. The lowest BCUT2D eigenvalue weighted by atomic mass is 9.76. The molecule has 0 aromatic heterocycles. The van der Waals surface area contributed by atoms with Gasteiger partial charge in [0.2, 0.25) is 0 Å². The molecule has 0 bridgehead atoms. The smallest absolute Gasteiger partial charge is 0.0701 e. The fraction of sp³-hybridized carbons (Fsp3) is 0.833. The van der Waals surface area contributed by atoms with E-state index in [0.29, 0.717) is 18.6 Å². The molecule has 1 saturated carbocycles. The van der Waals surface area contributed by atoms with E-state index in [0.717, 1.165) is 6.42 Å². The summed E-state index contributed by atoms with van der Waals surface area (Å²) in [6.45, 7) is 0.663. The first-order chi connectivity index (χ1) is 6.92. The van der Waals surface area contributed by atoms with Crippen molar-refractivity contribution < 1.29 is 9.84 Å². The maximum absolute atomic E-state index is 8.75. The number of hydrogen-bond acceptors (Lipinski definition) is 2. The lowest BCUT2D eigenvalue weighted by Gasteiger charge is -2.35. The van der Waals surface area contributed by atoms with Crippen LogP contribution in [-0.2, 0) is 4.74 Å². The van der Waals surface area contributed by atoms with Crippen LogP contribution in [0.2, 0.25) is 0 Å². The van der Waals surface area contributed by atoms with Gasteiger partial charge in [0.05, 0.1) is 19.3 Å². The molecule has 0 spiro atoms. The highest BCUT2D eigenvalue weighted by Gasteiger charge is 2.29. The van der Waals surface area contributed by atoms with Gasteiger partial charge >= 0.3 is 0 Å². The second kappa shape index (κ2) is 4.94. The molecule has 0 aliphatic heterocycles. The third-order valence-corrected chi connectivity index (χ3v) is 3.44. The van der Waals surface area contributed by atoms with Crippen molar-refractivity contribution in [1.29, 1.82) is 0 Å². The van der Waals surface area contributed by atoms with Gasteiger partial charge in [-0.05, 0) is 32.1 Å². The van der Waals surface area contributed by atoms with Crippen LogP contribution in [-0.4, -0.2) is 24.4 Å². The Hall–Kier alpha value is -0.340. The molecular weight excluding hydrogens is 176 g/mol. The van der Waals surface area contributed by atoms with Gasteiger partial charge in [-0.15, -0.1) is 0 Å². The van der Waals surface area contributed by atoms with Gasteiger partial charge < -0.3 is 9.84 Å². The minimum absolute atomic E-state index is 0.155. The average Bonchev–Trinajstić information content (AvgIpc) is 2.26. The maximum Gasteiger partial charge on any atom is 0.0701 e. The van der Waals surface area contributed by atoms with Crippen molar-refractivity contribution in [1.82, 2.24) is 0 Å². The summed E-state index contributed by atoms with van der Waals surface area (Å²) in [4.78, 5) is 0. The van der Waals surface area contributed by atoms with Crippen molar-refractivity contribution in [2.45, 2.75) is 44.6 Å². The molecule has 2 aliphatic carbocycles. The molecule has 0 aromatic rings. The normalized spacial score (nSPS) is 32.2. The van der Waals surface area contributed by atoms with Crippen LogP contribution in [0.25, 0.3) is 0 Å². The van der Waals surface area contributed by atoms with Crippen molar-refractivity contribution >= 4 is 0 Å². The highest BCUT2D eigenvalue weighted by Crippen LogP contribution is 2.37. The van der Waals surface area contributed by atoms with Gasteiger partial charge in [0.1, 0.15) is 0 Å². The quantitative estimate of drug-likeness (QED) is 0.702. The molecule has 2 heteroatoms. The van der Waals surface area contributed by atoms with Gasteiger partial charge in [-0.2, -0.15) is 0 Å². The Balaban J connectivity index is 1.95. The molecule has 0 radical (unpaired) electrons. The zero-order valence-electron chi connectivity index (χ0n) is 8.74. The van der Waals surface area contributed by atoms with E-state index < -0.39 is 0 Å².